The molecule has 0 bridgehead atoms. The van der Waals surface area contributed by atoms with E-state index < -0.39 is 17.7 Å². The zero-order valence-electron chi connectivity index (χ0n) is 20.1. The van der Waals surface area contributed by atoms with Crippen LogP contribution < -0.4 is 0 Å². The summed E-state index contributed by atoms with van der Waals surface area (Å²) in [5.41, 5.74) is 3.17. The predicted molar refractivity (Wildman–Crippen MR) is 131 cm³/mol. The van der Waals surface area contributed by atoms with Crippen molar-refractivity contribution in [2.75, 3.05) is 26.7 Å². The van der Waals surface area contributed by atoms with Crippen molar-refractivity contribution < 1.29 is 19.4 Å². The lowest BCUT2D eigenvalue weighted by molar-refractivity contribution is -0.223. The number of aromatic nitrogens is 1. The molecule has 0 spiro atoms. The minimum atomic E-state index is -1.19. The van der Waals surface area contributed by atoms with Crippen molar-refractivity contribution in [3.05, 3.63) is 77.6 Å². The van der Waals surface area contributed by atoms with Crippen LogP contribution >= 0.6 is 0 Å². The third-order valence-corrected chi connectivity index (χ3v) is 6.92. The maximum Gasteiger partial charge on any atom is 0.254 e. The molecule has 1 N–H and O–H groups in total. The van der Waals surface area contributed by atoms with Crippen LogP contribution in [0.2, 0.25) is 0 Å². The number of aliphatic hydroxyl groups is 1. The normalized spacial score (nSPS) is 22.2. The first-order valence-electron chi connectivity index (χ1n) is 11.8. The van der Waals surface area contributed by atoms with Gasteiger partial charge in [0.05, 0.1) is 12.0 Å². The number of allylic oxidation sites excluding steroid dienone is 2. The van der Waals surface area contributed by atoms with E-state index in [9.17, 15) is 14.7 Å². The fraction of sp³-hybridized carbons (Fsp3) is 0.407. The lowest BCUT2D eigenvalue weighted by Gasteiger charge is -2.43. The van der Waals surface area contributed by atoms with Gasteiger partial charge in [-0.3, -0.25) is 9.59 Å². The molecule has 1 fully saturated rings. The summed E-state index contributed by atoms with van der Waals surface area (Å²) in [4.78, 5) is 30.8. The number of fused-ring (bicyclic) bond motifs is 1. The van der Waals surface area contributed by atoms with E-state index in [-0.39, 0.29) is 11.8 Å². The van der Waals surface area contributed by atoms with E-state index in [1.54, 1.807) is 29.0 Å². The summed E-state index contributed by atoms with van der Waals surface area (Å²) in [6.45, 7) is 6.81. The van der Waals surface area contributed by atoms with Crippen LogP contribution in [0.25, 0.3) is 6.08 Å². The SMILES string of the molecule is C=C/C=C\c1cc(C2C(C(=O)N3CCC(O)(OCC)CC3)c3ccccc3C(=O)N2C)cn1C. The van der Waals surface area contributed by atoms with E-state index in [1.807, 2.05) is 61.2 Å². The molecule has 4 rings (SSSR count). The van der Waals surface area contributed by atoms with Crippen LogP contribution in [0, 0.1) is 0 Å². The lowest BCUT2D eigenvalue weighted by atomic mass is 9.79. The van der Waals surface area contributed by atoms with E-state index >= 15 is 0 Å². The van der Waals surface area contributed by atoms with Crippen molar-refractivity contribution in [3.8, 4) is 0 Å². The number of carbonyl (C=O) groups is 2. The summed E-state index contributed by atoms with van der Waals surface area (Å²) in [7, 11) is 3.71. The molecule has 34 heavy (non-hydrogen) atoms. The van der Waals surface area contributed by atoms with Crippen LogP contribution in [0.3, 0.4) is 0 Å². The third kappa shape index (κ3) is 4.33. The molecule has 7 nitrogen and oxygen atoms in total. The molecular formula is C27H33N3O4. The molecule has 2 atom stereocenters. The Balaban J connectivity index is 1.73. The van der Waals surface area contributed by atoms with Crippen molar-refractivity contribution >= 4 is 17.9 Å². The Hall–Kier alpha value is -3.16. The summed E-state index contributed by atoms with van der Waals surface area (Å²) >= 11 is 0. The van der Waals surface area contributed by atoms with Gasteiger partial charge in [0, 0.05) is 64.1 Å². The van der Waals surface area contributed by atoms with E-state index in [4.69, 9.17) is 4.74 Å². The molecule has 2 aromatic rings. The monoisotopic (exact) mass is 463 g/mol. The van der Waals surface area contributed by atoms with E-state index in [2.05, 4.69) is 6.58 Å². The predicted octanol–water partition coefficient (Wildman–Crippen LogP) is 3.48. The van der Waals surface area contributed by atoms with Gasteiger partial charge in [-0.25, -0.2) is 0 Å². The number of rotatable bonds is 6. The third-order valence-electron chi connectivity index (χ3n) is 6.92. The molecule has 1 aromatic heterocycles. The number of ether oxygens (including phenoxy) is 1. The molecule has 1 aromatic carbocycles. The van der Waals surface area contributed by atoms with Gasteiger partial charge >= 0.3 is 0 Å². The number of piperidine rings is 1. The average Bonchev–Trinajstić information content (AvgIpc) is 3.19. The standard InChI is InChI=1S/C27H33N3O4/c1-5-7-10-20-17-19(18-28(20)3)24-23(21-11-8-9-12-22(21)25(31)29(24)4)26(32)30-15-13-27(33,14-16-30)34-6-2/h5,7-12,17-18,23-24,33H,1,6,13-16H2,2-4H3/b10-7-. The van der Waals surface area contributed by atoms with Crippen LogP contribution in [-0.4, -0.2) is 63.8 Å². The number of likely N-dealkylation sites (N-methyl/N-ethyl adjacent to an activating group) is 1. The van der Waals surface area contributed by atoms with Crippen LogP contribution in [0.5, 0.6) is 0 Å². The van der Waals surface area contributed by atoms with Gasteiger partial charge in [0.2, 0.25) is 5.91 Å². The first-order valence-corrected chi connectivity index (χ1v) is 11.8. The number of hydrogen-bond donors (Lipinski definition) is 1. The summed E-state index contributed by atoms with van der Waals surface area (Å²) in [6.07, 6.45) is 8.23. The fourth-order valence-electron chi connectivity index (χ4n) is 5.15. The van der Waals surface area contributed by atoms with Gasteiger partial charge < -0.3 is 24.2 Å². The molecule has 2 aliphatic rings. The highest BCUT2D eigenvalue weighted by atomic mass is 16.6. The molecule has 1 saturated heterocycles. The second kappa shape index (κ2) is 9.60. The van der Waals surface area contributed by atoms with Gasteiger partial charge in [-0.05, 0) is 36.3 Å². The number of carbonyl (C=O) groups excluding carboxylic acids is 2. The lowest BCUT2D eigenvalue weighted by Crippen LogP contribution is -2.52. The van der Waals surface area contributed by atoms with Gasteiger partial charge in [0.25, 0.3) is 5.91 Å². The molecule has 2 aliphatic heterocycles. The van der Waals surface area contributed by atoms with Crippen LogP contribution in [0.15, 0.2) is 55.3 Å². The van der Waals surface area contributed by atoms with Crippen molar-refractivity contribution in [2.45, 2.75) is 37.5 Å². The second-order valence-electron chi connectivity index (χ2n) is 9.03. The first-order chi connectivity index (χ1) is 16.3. The van der Waals surface area contributed by atoms with Crippen molar-refractivity contribution in [3.63, 3.8) is 0 Å². The zero-order valence-corrected chi connectivity index (χ0v) is 20.1. The molecule has 180 valence electrons. The molecule has 0 saturated carbocycles. The second-order valence-corrected chi connectivity index (χ2v) is 9.03. The summed E-state index contributed by atoms with van der Waals surface area (Å²) in [5.74, 6) is -1.87. The molecule has 3 heterocycles. The van der Waals surface area contributed by atoms with Gasteiger partial charge in [0.1, 0.15) is 0 Å². The molecule has 2 unspecified atom stereocenters. The fourth-order valence-corrected chi connectivity index (χ4v) is 5.15. The van der Waals surface area contributed by atoms with Crippen LogP contribution in [0.1, 0.15) is 58.9 Å². The number of nitrogens with zero attached hydrogens (tertiary/aromatic N) is 3. The number of amides is 2. The quantitative estimate of drug-likeness (QED) is 0.526. The van der Waals surface area contributed by atoms with E-state index in [0.717, 1.165) is 16.8 Å². The maximum absolute atomic E-state index is 14.0. The Kier molecular flexibility index (Phi) is 6.77. The number of aryl methyl sites for hydroxylation is 1. The number of hydrogen-bond acceptors (Lipinski definition) is 4. The maximum atomic E-state index is 14.0. The Bertz CT molecular complexity index is 1110. The minimum absolute atomic E-state index is 0.0395. The van der Waals surface area contributed by atoms with Gasteiger partial charge in [-0.2, -0.15) is 0 Å². The van der Waals surface area contributed by atoms with Gasteiger partial charge in [-0.1, -0.05) is 36.9 Å². The Morgan fingerprint density at radius 3 is 2.65 bits per heavy atom. The summed E-state index contributed by atoms with van der Waals surface area (Å²) < 4.78 is 7.50. The molecule has 0 aliphatic carbocycles. The largest absolute Gasteiger partial charge is 0.365 e. The molecule has 0 radical (unpaired) electrons. The van der Waals surface area contributed by atoms with E-state index in [1.165, 1.54) is 0 Å². The Morgan fingerprint density at radius 1 is 1.26 bits per heavy atom. The van der Waals surface area contributed by atoms with Crippen LogP contribution in [0.4, 0.5) is 0 Å². The zero-order chi connectivity index (χ0) is 24.5. The Labute approximate surface area is 200 Å². The number of benzene rings is 1. The Morgan fingerprint density at radius 2 is 1.97 bits per heavy atom. The average molecular weight is 464 g/mol. The van der Waals surface area contributed by atoms with Gasteiger partial charge in [-0.15, -0.1) is 0 Å². The van der Waals surface area contributed by atoms with E-state index in [0.29, 0.717) is 38.1 Å². The van der Waals surface area contributed by atoms with Gasteiger partial charge in [0.15, 0.2) is 5.79 Å². The molecule has 7 heteroatoms. The van der Waals surface area contributed by atoms with Crippen LogP contribution in [-0.2, 0) is 16.6 Å². The molecular weight excluding hydrogens is 430 g/mol. The summed E-state index contributed by atoms with van der Waals surface area (Å²) in [6, 6.07) is 8.96. The highest BCUT2D eigenvalue weighted by Crippen LogP contribution is 2.44. The summed E-state index contributed by atoms with van der Waals surface area (Å²) in [5, 5.41) is 10.6. The highest BCUT2D eigenvalue weighted by Gasteiger charge is 2.46. The first kappa shape index (κ1) is 24.0. The van der Waals surface area contributed by atoms with Crippen molar-refractivity contribution in [1.29, 1.82) is 0 Å². The van der Waals surface area contributed by atoms with Crippen molar-refractivity contribution in [1.82, 2.24) is 14.4 Å². The minimum Gasteiger partial charge on any atom is -0.365 e. The highest BCUT2D eigenvalue weighted by molar-refractivity contribution is 6.01. The topological polar surface area (TPSA) is 75.0 Å². The molecule has 2 amide bonds. The smallest absolute Gasteiger partial charge is 0.254 e. The van der Waals surface area contributed by atoms with Crippen molar-refractivity contribution in [2.24, 2.45) is 7.05 Å². The number of likely N-dealkylation sites (tertiary alicyclic amines) is 1.